The van der Waals surface area contributed by atoms with Crippen molar-refractivity contribution in [3.8, 4) is 0 Å². The maximum atomic E-state index is 12.7. The largest absolute Gasteiger partial charge is 0.478 e. The Kier molecular flexibility index (Phi) is 4.29. The second kappa shape index (κ2) is 6.26. The molecule has 1 aliphatic heterocycles. The van der Waals surface area contributed by atoms with Gasteiger partial charge in [-0.05, 0) is 42.8 Å². The number of nitrogens with zero attached hydrogens (tertiary/aromatic N) is 2. The predicted octanol–water partition coefficient (Wildman–Crippen LogP) is 3.44. The van der Waals surface area contributed by atoms with E-state index in [1.165, 1.54) is 22.7 Å². The summed E-state index contributed by atoms with van der Waals surface area (Å²) in [6.07, 6.45) is 3.68. The minimum atomic E-state index is -1.03. The van der Waals surface area contributed by atoms with Crippen LogP contribution in [-0.2, 0) is 11.8 Å². The monoisotopic (exact) mass is 358 g/mol. The number of benzene rings is 1. The molecule has 1 aromatic carbocycles. The number of rotatable bonds is 3. The molecule has 0 aliphatic carbocycles. The van der Waals surface area contributed by atoms with Crippen LogP contribution in [0.2, 0.25) is 0 Å². The lowest BCUT2D eigenvalue weighted by Gasteiger charge is -2.15. The first kappa shape index (κ1) is 16.5. The number of carbonyl (C=O) groups excluding carboxylic acids is 1. The molecule has 5 nitrogen and oxygen atoms in total. The van der Waals surface area contributed by atoms with Gasteiger partial charge in [0.2, 0.25) is 0 Å². The first-order valence-corrected chi connectivity index (χ1v) is 8.34. The van der Waals surface area contributed by atoms with E-state index in [1.807, 2.05) is 29.9 Å². The number of aryl methyl sites for hydroxylation is 2. The van der Waals surface area contributed by atoms with Gasteiger partial charge >= 0.3 is 5.97 Å². The zero-order chi connectivity index (χ0) is 17.4. The van der Waals surface area contributed by atoms with Gasteiger partial charge in [-0.3, -0.25) is 9.69 Å². The van der Waals surface area contributed by atoms with Gasteiger partial charge in [0.1, 0.15) is 0 Å². The molecule has 1 amide bonds. The van der Waals surface area contributed by atoms with Crippen molar-refractivity contribution in [2.75, 3.05) is 4.90 Å². The maximum Gasteiger partial charge on any atom is 0.336 e. The molecule has 1 aromatic heterocycles. The summed E-state index contributed by atoms with van der Waals surface area (Å²) in [4.78, 5) is 25.9. The van der Waals surface area contributed by atoms with Crippen LogP contribution in [0.15, 0.2) is 41.4 Å². The SMILES string of the molecule is Cc1ccc(N2C(=O)C(=Cc3cccn3C)SC2=S)cc1C(=O)O. The van der Waals surface area contributed by atoms with Crippen LogP contribution in [0, 0.1) is 6.92 Å². The molecule has 0 atom stereocenters. The summed E-state index contributed by atoms with van der Waals surface area (Å²) < 4.78 is 2.29. The van der Waals surface area contributed by atoms with Crippen molar-refractivity contribution in [3.63, 3.8) is 0 Å². The smallest absolute Gasteiger partial charge is 0.336 e. The van der Waals surface area contributed by atoms with E-state index in [4.69, 9.17) is 12.2 Å². The van der Waals surface area contributed by atoms with Gasteiger partial charge in [-0.15, -0.1) is 0 Å². The lowest BCUT2D eigenvalue weighted by molar-refractivity contribution is -0.113. The number of thiocarbonyl (C=S) groups is 1. The second-order valence-corrected chi connectivity index (χ2v) is 7.04. The van der Waals surface area contributed by atoms with Crippen molar-refractivity contribution < 1.29 is 14.7 Å². The molecular formula is C17H14N2O3S2. The lowest BCUT2D eigenvalue weighted by atomic mass is 10.1. The van der Waals surface area contributed by atoms with Crippen molar-refractivity contribution in [2.45, 2.75) is 6.92 Å². The molecule has 0 saturated carbocycles. The van der Waals surface area contributed by atoms with E-state index in [1.54, 1.807) is 25.1 Å². The number of anilines is 1. The summed E-state index contributed by atoms with van der Waals surface area (Å²) in [7, 11) is 1.89. The van der Waals surface area contributed by atoms with Crippen LogP contribution in [0.4, 0.5) is 5.69 Å². The van der Waals surface area contributed by atoms with E-state index in [2.05, 4.69) is 0 Å². The highest BCUT2D eigenvalue weighted by Gasteiger charge is 2.33. The van der Waals surface area contributed by atoms with Crippen LogP contribution in [-0.4, -0.2) is 25.9 Å². The lowest BCUT2D eigenvalue weighted by Crippen LogP contribution is -2.27. The van der Waals surface area contributed by atoms with Gasteiger partial charge in [-0.1, -0.05) is 30.0 Å². The molecular weight excluding hydrogens is 344 g/mol. The van der Waals surface area contributed by atoms with Gasteiger partial charge in [0, 0.05) is 18.9 Å². The molecule has 0 unspecified atom stereocenters. The highest BCUT2D eigenvalue weighted by Crippen LogP contribution is 2.36. The zero-order valence-corrected chi connectivity index (χ0v) is 14.6. The minimum absolute atomic E-state index is 0.160. The topological polar surface area (TPSA) is 62.5 Å². The van der Waals surface area contributed by atoms with Crippen LogP contribution in [0.25, 0.3) is 6.08 Å². The van der Waals surface area contributed by atoms with E-state index in [0.29, 0.717) is 20.5 Å². The van der Waals surface area contributed by atoms with Gasteiger partial charge in [0.25, 0.3) is 5.91 Å². The predicted molar refractivity (Wildman–Crippen MR) is 99.2 cm³/mol. The summed E-state index contributed by atoms with van der Waals surface area (Å²) in [6.45, 7) is 1.72. The third-order valence-electron chi connectivity index (χ3n) is 3.77. The van der Waals surface area contributed by atoms with Gasteiger partial charge < -0.3 is 9.67 Å². The summed E-state index contributed by atoms with van der Waals surface area (Å²) in [5.41, 5.74) is 2.16. The number of aromatic nitrogens is 1. The molecule has 2 heterocycles. The van der Waals surface area contributed by atoms with E-state index in [9.17, 15) is 14.7 Å². The fourth-order valence-corrected chi connectivity index (χ4v) is 3.71. The van der Waals surface area contributed by atoms with E-state index in [-0.39, 0.29) is 11.5 Å². The third-order valence-corrected chi connectivity index (χ3v) is 5.07. The highest BCUT2D eigenvalue weighted by molar-refractivity contribution is 8.27. The Bertz CT molecular complexity index is 899. The molecule has 3 rings (SSSR count). The van der Waals surface area contributed by atoms with Crippen LogP contribution >= 0.6 is 24.0 Å². The van der Waals surface area contributed by atoms with Gasteiger partial charge in [0.15, 0.2) is 4.32 Å². The summed E-state index contributed by atoms with van der Waals surface area (Å²) >= 11 is 6.53. The molecule has 1 fully saturated rings. The van der Waals surface area contributed by atoms with Crippen LogP contribution < -0.4 is 4.90 Å². The second-order valence-electron chi connectivity index (χ2n) is 5.37. The van der Waals surface area contributed by atoms with Crippen LogP contribution in [0.1, 0.15) is 21.6 Å². The number of thioether (sulfide) groups is 1. The van der Waals surface area contributed by atoms with Gasteiger partial charge in [-0.2, -0.15) is 0 Å². The standard InChI is InChI=1S/C17H14N2O3S2/c1-10-5-6-12(8-13(10)16(21)22)19-15(20)14(24-17(19)23)9-11-4-3-7-18(11)2/h3-9H,1-2H3,(H,21,22). The van der Waals surface area contributed by atoms with E-state index >= 15 is 0 Å². The first-order valence-electron chi connectivity index (χ1n) is 7.11. The van der Waals surface area contributed by atoms with Crippen LogP contribution in [0.5, 0.6) is 0 Å². The Labute approximate surface area is 148 Å². The molecule has 7 heteroatoms. The normalized spacial score (nSPS) is 16.2. The Morgan fingerprint density at radius 1 is 1.33 bits per heavy atom. The van der Waals surface area contributed by atoms with Crippen molar-refractivity contribution in [2.24, 2.45) is 7.05 Å². The molecule has 0 bridgehead atoms. The van der Waals surface area contributed by atoms with Crippen molar-refractivity contribution in [3.05, 3.63) is 58.3 Å². The zero-order valence-electron chi connectivity index (χ0n) is 13.0. The van der Waals surface area contributed by atoms with E-state index in [0.717, 1.165) is 5.69 Å². The summed E-state index contributed by atoms with van der Waals surface area (Å²) in [6, 6.07) is 8.66. The number of carbonyl (C=O) groups is 2. The minimum Gasteiger partial charge on any atom is -0.478 e. The summed E-state index contributed by atoms with van der Waals surface area (Å²) in [5.74, 6) is -1.27. The average Bonchev–Trinajstić information content (AvgIpc) is 3.04. The molecule has 122 valence electrons. The fraction of sp³-hybridized carbons (Fsp3) is 0.118. The van der Waals surface area contributed by atoms with Gasteiger partial charge in [-0.25, -0.2) is 4.79 Å². The number of aromatic carboxylic acids is 1. The van der Waals surface area contributed by atoms with Crippen molar-refractivity contribution in [1.82, 2.24) is 4.57 Å². The number of carboxylic acids is 1. The molecule has 24 heavy (non-hydrogen) atoms. The fourth-order valence-electron chi connectivity index (χ4n) is 2.43. The Hall–Kier alpha value is -2.38. The Balaban J connectivity index is 1.99. The van der Waals surface area contributed by atoms with Crippen molar-refractivity contribution in [1.29, 1.82) is 0 Å². The molecule has 0 spiro atoms. The molecule has 1 saturated heterocycles. The number of carboxylic acid groups (broad SMARTS) is 1. The van der Waals surface area contributed by atoms with Crippen molar-refractivity contribution >= 4 is 51.9 Å². The van der Waals surface area contributed by atoms with Gasteiger partial charge in [0.05, 0.1) is 16.2 Å². The Morgan fingerprint density at radius 3 is 2.71 bits per heavy atom. The average molecular weight is 358 g/mol. The third kappa shape index (κ3) is 2.88. The molecule has 1 aliphatic rings. The molecule has 1 N–H and O–H groups in total. The van der Waals surface area contributed by atoms with E-state index < -0.39 is 5.97 Å². The van der Waals surface area contributed by atoms with Crippen LogP contribution in [0.3, 0.4) is 0 Å². The highest BCUT2D eigenvalue weighted by atomic mass is 32.2. The number of amides is 1. The number of hydrogen-bond donors (Lipinski definition) is 1. The summed E-state index contributed by atoms with van der Waals surface area (Å²) in [5, 5.41) is 9.26. The molecule has 0 radical (unpaired) electrons. The quantitative estimate of drug-likeness (QED) is 0.673. The number of hydrogen-bond acceptors (Lipinski definition) is 4. The Morgan fingerprint density at radius 2 is 2.08 bits per heavy atom. The maximum absolute atomic E-state index is 12.7. The molecule has 2 aromatic rings. The first-order chi connectivity index (χ1) is 11.4.